The molecule has 0 aromatic heterocycles. The lowest BCUT2D eigenvalue weighted by Crippen LogP contribution is -2.36. The number of carbonyl (C=O) groups is 1. The van der Waals surface area contributed by atoms with Gasteiger partial charge in [-0.25, -0.2) is 8.42 Å². The lowest BCUT2D eigenvalue weighted by Gasteiger charge is -2.26. The molecule has 26 heavy (non-hydrogen) atoms. The molecular weight excluding hydrogens is 348 g/mol. The SMILES string of the molecule is Cc1ccc(C(=O)NCc2ccccc2)cc1S(=O)(=O)N1CCCCC1. The van der Waals surface area contributed by atoms with E-state index in [1.54, 1.807) is 19.1 Å². The van der Waals surface area contributed by atoms with Gasteiger partial charge in [0.2, 0.25) is 10.0 Å². The van der Waals surface area contributed by atoms with E-state index in [0.29, 0.717) is 30.8 Å². The minimum Gasteiger partial charge on any atom is -0.348 e. The molecule has 0 atom stereocenters. The molecule has 6 heteroatoms. The van der Waals surface area contributed by atoms with Crippen molar-refractivity contribution in [2.45, 2.75) is 37.6 Å². The number of nitrogens with zero attached hydrogens (tertiary/aromatic N) is 1. The largest absolute Gasteiger partial charge is 0.348 e. The molecule has 1 amide bonds. The highest BCUT2D eigenvalue weighted by atomic mass is 32.2. The van der Waals surface area contributed by atoms with Crippen LogP contribution in [0, 0.1) is 6.92 Å². The molecule has 5 nitrogen and oxygen atoms in total. The first-order valence-electron chi connectivity index (χ1n) is 8.91. The summed E-state index contributed by atoms with van der Waals surface area (Å²) in [7, 11) is -3.56. The van der Waals surface area contributed by atoms with Crippen LogP contribution in [0.25, 0.3) is 0 Å². The number of hydrogen-bond donors (Lipinski definition) is 1. The molecular formula is C20H24N2O3S. The first-order chi connectivity index (χ1) is 12.5. The van der Waals surface area contributed by atoms with Crippen molar-refractivity contribution in [3.63, 3.8) is 0 Å². The number of nitrogens with one attached hydrogen (secondary N) is 1. The summed E-state index contributed by atoms with van der Waals surface area (Å²) in [5.41, 5.74) is 2.02. The first kappa shape index (κ1) is 18.6. The van der Waals surface area contributed by atoms with E-state index in [-0.39, 0.29) is 10.8 Å². The third-order valence-corrected chi connectivity index (χ3v) is 6.72. The van der Waals surface area contributed by atoms with Crippen molar-refractivity contribution in [1.82, 2.24) is 9.62 Å². The fraction of sp³-hybridized carbons (Fsp3) is 0.350. The molecule has 1 aliphatic heterocycles. The number of carbonyl (C=O) groups excluding carboxylic acids is 1. The smallest absolute Gasteiger partial charge is 0.251 e. The van der Waals surface area contributed by atoms with Crippen LogP contribution in [0.4, 0.5) is 0 Å². The minimum absolute atomic E-state index is 0.228. The molecule has 1 heterocycles. The number of rotatable bonds is 5. The number of piperidine rings is 1. The Morgan fingerprint density at radius 1 is 1.04 bits per heavy atom. The Balaban J connectivity index is 1.79. The molecule has 0 bridgehead atoms. The number of amides is 1. The maximum absolute atomic E-state index is 13.0. The number of benzene rings is 2. The average molecular weight is 372 g/mol. The van der Waals surface area contributed by atoms with E-state index in [4.69, 9.17) is 0 Å². The zero-order valence-electron chi connectivity index (χ0n) is 14.9. The summed E-state index contributed by atoms with van der Waals surface area (Å²) < 4.78 is 27.4. The monoisotopic (exact) mass is 372 g/mol. The van der Waals surface area contributed by atoms with E-state index in [1.165, 1.54) is 10.4 Å². The van der Waals surface area contributed by atoms with Gasteiger partial charge in [0.15, 0.2) is 0 Å². The average Bonchev–Trinajstić information content (AvgIpc) is 2.68. The molecule has 0 spiro atoms. The number of aryl methyl sites for hydroxylation is 1. The highest BCUT2D eigenvalue weighted by Crippen LogP contribution is 2.24. The summed E-state index contributed by atoms with van der Waals surface area (Å²) in [6, 6.07) is 14.5. The molecule has 1 aliphatic rings. The lowest BCUT2D eigenvalue weighted by molar-refractivity contribution is 0.0950. The second-order valence-electron chi connectivity index (χ2n) is 6.61. The fourth-order valence-electron chi connectivity index (χ4n) is 3.14. The van der Waals surface area contributed by atoms with E-state index in [1.807, 2.05) is 30.3 Å². The summed E-state index contributed by atoms with van der Waals surface area (Å²) >= 11 is 0. The van der Waals surface area contributed by atoms with Gasteiger partial charge in [0.05, 0.1) is 4.90 Å². The molecule has 1 fully saturated rings. The van der Waals surface area contributed by atoms with Crippen molar-refractivity contribution in [3.05, 3.63) is 65.2 Å². The van der Waals surface area contributed by atoms with Crippen LogP contribution in [-0.4, -0.2) is 31.7 Å². The van der Waals surface area contributed by atoms with E-state index in [0.717, 1.165) is 24.8 Å². The van der Waals surface area contributed by atoms with Gasteiger partial charge in [-0.05, 0) is 43.0 Å². The fourth-order valence-corrected chi connectivity index (χ4v) is 4.91. The molecule has 3 rings (SSSR count). The van der Waals surface area contributed by atoms with Crippen molar-refractivity contribution >= 4 is 15.9 Å². The second kappa shape index (κ2) is 8.01. The predicted octanol–water partition coefficient (Wildman–Crippen LogP) is 3.10. The molecule has 0 radical (unpaired) electrons. The van der Waals surface area contributed by atoms with Crippen LogP contribution < -0.4 is 5.32 Å². The van der Waals surface area contributed by atoms with Gasteiger partial charge < -0.3 is 5.32 Å². The molecule has 2 aromatic carbocycles. The topological polar surface area (TPSA) is 66.5 Å². The molecule has 1 N–H and O–H groups in total. The first-order valence-corrected chi connectivity index (χ1v) is 10.4. The summed E-state index contributed by atoms with van der Waals surface area (Å²) in [4.78, 5) is 12.7. The third-order valence-electron chi connectivity index (χ3n) is 4.68. The Kier molecular flexibility index (Phi) is 5.74. The molecule has 1 saturated heterocycles. The number of sulfonamides is 1. The second-order valence-corrected chi connectivity index (χ2v) is 8.52. The zero-order chi connectivity index (χ0) is 18.6. The van der Waals surface area contributed by atoms with Crippen LogP contribution in [0.2, 0.25) is 0 Å². The number of hydrogen-bond acceptors (Lipinski definition) is 3. The summed E-state index contributed by atoms with van der Waals surface area (Å²) in [5.74, 6) is -0.274. The van der Waals surface area contributed by atoms with Crippen LogP contribution in [-0.2, 0) is 16.6 Å². The highest BCUT2D eigenvalue weighted by molar-refractivity contribution is 7.89. The van der Waals surface area contributed by atoms with E-state index >= 15 is 0 Å². The van der Waals surface area contributed by atoms with Crippen molar-refractivity contribution in [3.8, 4) is 0 Å². The predicted molar refractivity (Wildman–Crippen MR) is 101 cm³/mol. The standard InChI is InChI=1S/C20H24N2O3S/c1-16-10-11-18(20(23)21-15-17-8-4-2-5-9-17)14-19(16)26(24,25)22-12-6-3-7-13-22/h2,4-5,8-11,14H,3,6-7,12-13,15H2,1H3,(H,21,23). The Morgan fingerprint density at radius 3 is 2.42 bits per heavy atom. The Morgan fingerprint density at radius 2 is 1.73 bits per heavy atom. The van der Waals surface area contributed by atoms with Gasteiger partial charge in [-0.3, -0.25) is 4.79 Å². The lowest BCUT2D eigenvalue weighted by atomic mass is 10.1. The van der Waals surface area contributed by atoms with Crippen LogP contribution in [0.15, 0.2) is 53.4 Å². The molecule has 138 valence electrons. The summed E-state index contributed by atoms with van der Waals surface area (Å²) in [6.07, 6.45) is 2.83. The van der Waals surface area contributed by atoms with Crippen LogP contribution in [0.5, 0.6) is 0 Å². The zero-order valence-corrected chi connectivity index (χ0v) is 15.8. The van der Waals surface area contributed by atoms with Gasteiger partial charge in [0.25, 0.3) is 5.91 Å². The van der Waals surface area contributed by atoms with Crippen LogP contribution >= 0.6 is 0 Å². The van der Waals surface area contributed by atoms with Gasteiger partial charge in [0.1, 0.15) is 0 Å². The van der Waals surface area contributed by atoms with Crippen LogP contribution in [0.1, 0.15) is 40.7 Å². The van der Waals surface area contributed by atoms with Gasteiger partial charge in [-0.2, -0.15) is 4.31 Å². The highest BCUT2D eigenvalue weighted by Gasteiger charge is 2.28. The van der Waals surface area contributed by atoms with Gasteiger partial charge >= 0.3 is 0 Å². The van der Waals surface area contributed by atoms with E-state index < -0.39 is 10.0 Å². The van der Waals surface area contributed by atoms with Crippen molar-refractivity contribution in [2.75, 3.05) is 13.1 Å². The molecule has 0 unspecified atom stereocenters. The van der Waals surface area contributed by atoms with Gasteiger partial charge in [-0.1, -0.05) is 42.8 Å². The third kappa shape index (κ3) is 4.14. The normalized spacial score (nSPS) is 15.6. The van der Waals surface area contributed by atoms with E-state index in [2.05, 4.69) is 5.32 Å². The molecule has 0 saturated carbocycles. The Hall–Kier alpha value is -2.18. The summed E-state index contributed by atoms with van der Waals surface area (Å²) in [5, 5.41) is 2.85. The minimum atomic E-state index is -3.56. The van der Waals surface area contributed by atoms with Gasteiger partial charge in [0, 0.05) is 25.2 Å². The van der Waals surface area contributed by atoms with E-state index in [9.17, 15) is 13.2 Å². The van der Waals surface area contributed by atoms with Crippen molar-refractivity contribution < 1.29 is 13.2 Å². The molecule has 0 aliphatic carbocycles. The van der Waals surface area contributed by atoms with Crippen molar-refractivity contribution in [2.24, 2.45) is 0 Å². The Labute approximate surface area is 155 Å². The van der Waals surface area contributed by atoms with Gasteiger partial charge in [-0.15, -0.1) is 0 Å². The Bertz CT molecular complexity index is 873. The van der Waals surface area contributed by atoms with Crippen LogP contribution in [0.3, 0.4) is 0 Å². The molecule has 2 aromatic rings. The maximum Gasteiger partial charge on any atom is 0.251 e. The van der Waals surface area contributed by atoms with Crippen molar-refractivity contribution in [1.29, 1.82) is 0 Å². The summed E-state index contributed by atoms with van der Waals surface area (Å²) in [6.45, 7) is 3.27. The quantitative estimate of drug-likeness (QED) is 0.877. The maximum atomic E-state index is 13.0.